The number of aromatic nitrogens is 2. The van der Waals surface area contributed by atoms with Gasteiger partial charge < -0.3 is 24.5 Å². The molecule has 0 bridgehead atoms. The van der Waals surface area contributed by atoms with Gasteiger partial charge in [0.15, 0.2) is 0 Å². The van der Waals surface area contributed by atoms with E-state index in [2.05, 4.69) is 33.7 Å². The molecule has 8 nitrogen and oxygen atoms in total. The number of anilines is 1. The largest absolute Gasteiger partial charge is 0.387 e. The van der Waals surface area contributed by atoms with Crippen molar-refractivity contribution in [3.8, 4) is 0 Å². The van der Waals surface area contributed by atoms with Crippen LogP contribution in [0.1, 0.15) is 60.9 Å². The Kier molecular flexibility index (Phi) is 7.76. The number of fused-ring (bicyclic) bond motifs is 1. The number of piperazine rings is 1. The maximum Gasteiger partial charge on any atom is 0.231 e. The van der Waals surface area contributed by atoms with Gasteiger partial charge in [0, 0.05) is 62.6 Å². The number of aliphatic hydroxyl groups excluding tert-OH is 1. The van der Waals surface area contributed by atoms with E-state index in [1.807, 2.05) is 29.2 Å². The summed E-state index contributed by atoms with van der Waals surface area (Å²) in [6.45, 7) is 7.03. The number of carbonyl (C=O) groups excluding carboxylic acids is 1. The fourth-order valence-corrected chi connectivity index (χ4v) is 6.02. The zero-order chi connectivity index (χ0) is 25.2. The number of hydrogen-bond acceptors (Lipinski definition) is 7. The van der Waals surface area contributed by atoms with E-state index >= 15 is 0 Å². The Bertz CT molecular complexity index is 1050. The number of amides is 1. The van der Waals surface area contributed by atoms with Crippen LogP contribution >= 0.6 is 11.6 Å². The minimum absolute atomic E-state index is 0.160. The lowest BCUT2D eigenvalue weighted by atomic mass is 9.95. The van der Waals surface area contributed by atoms with Crippen molar-refractivity contribution in [1.82, 2.24) is 19.8 Å². The molecule has 9 heteroatoms. The fourth-order valence-electron chi connectivity index (χ4n) is 5.90. The van der Waals surface area contributed by atoms with Gasteiger partial charge in [0.05, 0.1) is 17.7 Å². The van der Waals surface area contributed by atoms with E-state index < -0.39 is 6.10 Å². The highest BCUT2D eigenvalue weighted by atomic mass is 35.5. The maximum atomic E-state index is 13.9. The van der Waals surface area contributed by atoms with Gasteiger partial charge in [0.2, 0.25) is 5.91 Å². The van der Waals surface area contributed by atoms with Crippen molar-refractivity contribution in [2.24, 2.45) is 0 Å². The van der Waals surface area contributed by atoms with Gasteiger partial charge in [-0.15, -0.1) is 0 Å². The zero-order valence-electron chi connectivity index (χ0n) is 21.1. The summed E-state index contributed by atoms with van der Waals surface area (Å²) in [4.78, 5) is 29.4. The second-order valence-corrected chi connectivity index (χ2v) is 10.8. The molecule has 2 aromatic rings. The quantitative estimate of drug-likeness (QED) is 0.635. The number of nitrogens with zero attached hydrogens (tertiary/aromatic N) is 5. The molecule has 1 unspecified atom stereocenters. The molecule has 194 valence electrons. The highest BCUT2D eigenvalue weighted by Crippen LogP contribution is 2.42. The third-order valence-electron chi connectivity index (χ3n) is 8.03. The van der Waals surface area contributed by atoms with Gasteiger partial charge in [-0.05, 0) is 49.9 Å². The van der Waals surface area contributed by atoms with E-state index in [0.29, 0.717) is 50.2 Å². The monoisotopic (exact) mass is 513 g/mol. The topological polar surface area (TPSA) is 82.0 Å². The molecular weight excluding hydrogens is 478 g/mol. The smallest absolute Gasteiger partial charge is 0.231 e. The molecule has 0 spiro atoms. The molecule has 1 N–H and O–H groups in total. The highest BCUT2D eigenvalue weighted by molar-refractivity contribution is 6.30. The van der Waals surface area contributed by atoms with Gasteiger partial charge >= 0.3 is 0 Å². The van der Waals surface area contributed by atoms with Crippen molar-refractivity contribution in [2.75, 3.05) is 57.9 Å². The summed E-state index contributed by atoms with van der Waals surface area (Å²) in [7, 11) is 2.12. The second-order valence-electron chi connectivity index (χ2n) is 10.3. The summed E-state index contributed by atoms with van der Waals surface area (Å²) < 4.78 is 5.54. The van der Waals surface area contributed by atoms with Crippen molar-refractivity contribution < 1.29 is 14.6 Å². The Morgan fingerprint density at radius 1 is 1.17 bits per heavy atom. The van der Waals surface area contributed by atoms with Gasteiger partial charge in [-0.1, -0.05) is 30.7 Å². The molecule has 1 amide bonds. The molecule has 3 heterocycles. The molecule has 2 aliphatic heterocycles. The van der Waals surface area contributed by atoms with E-state index in [9.17, 15) is 9.90 Å². The van der Waals surface area contributed by atoms with E-state index in [1.165, 1.54) is 0 Å². The molecule has 2 fully saturated rings. The van der Waals surface area contributed by atoms with Crippen molar-refractivity contribution in [3.05, 3.63) is 52.4 Å². The first kappa shape index (κ1) is 25.4. The number of hydrogen-bond donors (Lipinski definition) is 1. The van der Waals surface area contributed by atoms with Crippen molar-refractivity contribution in [3.63, 3.8) is 0 Å². The summed E-state index contributed by atoms with van der Waals surface area (Å²) in [5.41, 5.74) is 2.81. The third-order valence-corrected chi connectivity index (χ3v) is 8.28. The number of ether oxygens (including phenoxy) is 1. The number of aliphatic hydroxyl groups is 1. The Labute approximate surface area is 218 Å². The molecule has 3 atom stereocenters. The standard InChI is InChI=1S/C27H36ClN5O3/c1-18-15-23(34)25-24(18)26(30-17-29-25)32-9-11-33(12-10-32)27(35)22(19-3-5-20(28)6-4-19)16-31(2)21-7-13-36-14-8-21/h3-6,17-18,21-23,34H,7-16H2,1-2H3/t18-,22?,23-/m1/s1. The van der Waals surface area contributed by atoms with Crippen molar-refractivity contribution >= 4 is 23.3 Å². The molecular formula is C27H36ClN5O3. The van der Waals surface area contributed by atoms with Crippen molar-refractivity contribution in [2.45, 2.75) is 50.2 Å². The van der Waals surface area contributed by atoms with Gasteiger partial charge in [-0.3, -0.25) is 4.79 Å². The van der Waals surface area contributed by atoms with Gasteiger partial charge in [0.1, 0.15) is 12.1 Å². The first-order chi connectivity index (χ1) is 17.4. The SMILES string of the molecule is C[C@@H]1C[C@@H](O)c2ncnc(N3CCN(C(=O)C(CN(C)C4CCOCC4)c4ccc(Cl)cc4)CC3)c21. The van der Waals surface area contributed by atoms with E-state index in [4.69, 9.17) is 16.3 Å². The number of halogens is 1. The van der Waals surface area contributed by atoms with Gasteiger partial charge in [-0.2, -0.15) is 0 Å². The van der Waals surface area contributed by atoms with Gasteiger partial charge in [0.25, 0.3) is 0 Å². The lowest BCUT2D eigenvalue weighted by Gasteiger charge is -2.39. The van der Waals surface area contributed by atoms with E-state index in [-0.39, 0.29) is 17.7 Å². The number of carbonyl (C=O) groups is 1. The zero-order valence-corrected chi connectivity index (χ0v) is 21.9. The first-order valence-corrected chi connectivity index (χ1v) is 13.4. The predicted octanol–water partition coefficient (Wildman–Crippen LogP) is 3.21. The molecule has 36 heavy (non-hydrogen) atoms. The number of benzene rings is 1. The molecule has 1 aromatic carbocycles. The molecule has 3 aliphatic rings. The van der Waals surface area contributed by atoms with Crippen LogP contribution in [0.15, 0.2) is 30.6 Å². The Morgan fingerprint density at radius 3 is 2.56 bits per heavy atom. The Morgan fingerprint density at radius 2 is 1.86 bits per heavy atom. The highest BCUT2D eigenvalue weighted by Gasteiger charge is 2.35. The van der Waals surface area contributed by atoms with Gasteiger partial charge in [-0.25, -0.2) is 9.97 Å². The molecule has 1 aliphatic carbocycles. The molecule has 0 radical (unpaired) electrons. The average Bonchev–Trinajstić information content (AvgIpc) is 3.21. The lowest BCUT2D eigenvalue weighted by Crippen LogP contribution is -2.52. The molecule has 2 saturated heterocycles. The number of likely N-dealkylation sites (N-methyl/N-ethyl adjacent to an activating group) is 1. The third kappa shape index (κ3) is 5.23. The van der Waals surface area contributed by atoms with Crippen molar-refractivity contribution in [1.29, 1.82) is 0 Å². The van der Waals surface area contributed by atoms with Crippen LogP contribution in [0, 0.1) is 0 Å². The van der Waals surface area contributed by atoms with Crippen LogP contribution in [0.4, 0.5) is 5.82 Å². The summed E-state index contributed by atoms with van der Waals surface area (Å²) in [6, 6.07) is 8.13. The normalized spacial score (nSPS) is 23.7. The Balaban J connectivity index is 1.30. The molecule has 5 rings (SSSR count). The summed E-state index contributed by atoms with van der Waals surface area (Å²) >= 11 is 6.15. The van der Waals surface area contributed by atoms with Crippen LogP contribution in [0.3, 0.4) is 0 Å². The predicted molar refractivity (Wildman–Crippen MR) is 139 cm³/mol. The van der Waals surface area contributed by atoms with E-state index in [0.717, 1.165) is 48.7 Å². The van der Waals surface area contributed by atoms with Crippen LogP contribution in [0.5, 0.6) is 0 Å². The van der Waals surface area contributed by atoms with E-state index in [1.54, 1.807) is 6.33 Å². The molecule has 1 aromatic heterocycles. The van der Waals surface area contributed by atoms with Crippen LogP contribution in [-0.2, 0) is 9.53 Å². The minimum atomic E-state index is -0.521. The van der Waals surface area contributed by atoms with Crippen LogP contribution < -0.4 is 4.90 Å². The van der Waals surface area contributed by atoms with Crippen LogP contribution in [0.2, 0.25) is 5.02 Å². The summed E-state index contributed by atoms with van der Waals surface area (Å²) in [5, 5.41) is 11.0. The maximum absolute atomic E-state index is 13.9. The minimum Gasteiger partial charge on any atom is -0.387 e. The summed E-state index contributed by atoms with van der Waals surface area (Å²) in [6.07, 6.45) is 3.70. The molecule has 0 saturated carbocycles. The summed E-state index contributed by atoms with van der Waals surface area (Å²) in [5.74, 6) is 1.04. The van der Waals surface area contributed by atoms with Crippen LogP contribution in [0.25, 0.3) is 0 Å². The van der Waals surface area contributed by atoms with Crippen LogP contribution in [-0.4, -0.2) is 89.8 Å². The Hall–Kier alpha value is -2.26. The fraction of sp³-hybridized carbons (Fsp3) is 0.593. The average molecular weight is 514 g/mol. The first-order valence-electron chi connectivity index (χ1n) is 13.0. The number of rotatable bonds is 6. The second kappa shape index (κ2) is 11.0. The lowest BCUT2D eigenvalue weighted by molar-refractivity contribution is -0.133.